The van der Waals surface area contributed by atoms with Crippen LogP contribution in [0.3, 0.4) is 0 Å². The van der Waals surface area contributed by atoms with Crippen LogP contribution in [-0.2, 0) is 0 Å². The van der Waals surface area contributed by atoms with E-state index < -0.39 is 0 Å². The largest absolute Gasteiger partial charge is 0.316 e. The second kappa shape index (κ2) is 7.05. The molecule has 0 aromatic rings. The van der Waals surface area contributed by atoms with Crippen LogP contribution in [0.5, 0.6) is 0 Å². The summed E-state index contributed by atoms with van der Waals surface area (Å²) in [5.74, 6) is 0.803. The summed E-state index contributed by atoms with van der Waals surface area (Å²) in [5.41, 5.74) is 0.578. The van der Waals surface area contributed by atoms with Crippen molar-refractivity contribution in [3.63, 3.8) is 0 Å². The Bertz CT molecular complexity index is 251. The third-order valence-corrected chi connectivity index (χ3v) is 4.76. The van der Waals surface area contributed by atoms with E-state index in [1.165, 1.54) is 71.6 Å². The average Bonchev–Trinajstić information content (AvgIpc) is 2.80. The summed E-state index contributed by atoms with van der Waals surface area (Å²) in [7, 11) is 0. The predicted octanol–water partition coefficient (Wildman–Crippen LogP) is 2.04. The molecule has 2 saturated heterocycles. The fourth-order valence-electron chi connectivity index (χ4n) is 3.87. The molecule has 19 heavy (non-hydrogen) atoms. The first-order valence-electron chi connectivity index (χ1n) is 8.29. The smallest absolute Gasteiger partial charge is 0.0110 e. The van der Waals surface area contributed by atoms with E-state index in [1.54, 1.807) is 0 Å². The lowest BCUT2D eigenvalue weighted by molar-refractivity contribution is 0.0812. The normalized spacial score (nSPS) is 30.3. The van der Waals surface area contributed by atoms with Crippen LogP contribution in [0.4, 0.5) is 0 Å². The van der Waals surface area contributed by atoms with Gasteiger partial charge in [-0.2, -0.15) is 0 Å². The maximum atomic E-state index is 3.59. The summed E-state index contributed by atoms with van der Waals surface area (Å²) in [6, 6.07) is 0. The van der Waals surface area contributed by atoms with Gasteiger partial charge in [-0.1, -0.05) is 27.2 Å². The zero-order chi connectivity index (χ0) is 13.7. The van der Waals surface area contributed by atoms with E-state index in [1.807, 2.05) is 0 Å². The molecule has 0 amide bonds. The fourth-order valence-corrected chi connectivity index (χ4v) is 3.87. The second-order valence-corrected chi connectivity index (χ2v) is 7.15. The molecule has 1 atom stereocenters. The van der Waals surface area contributed by atoms with E-state index >= 15 is 0 Å². The van der Waals surface area contributed by atoms with Gasteiger partial charge in [0.15, 0.2) is 0 Å². The van der Waals surface area contributed by atoms with E-state index in [9.17, 15) is 0 Å². The van der Waals surface area contributed by atoms with Gasteiger partial charge in [-0.3, -0.25) is 0 Å². The summed E-state index contributed by atoms with van der Waals surface area (Å²) >= 11 is 0. The zero-order valence-electron chi connectivity index (χ0n) is 13.2. The molecule has 2 rings (SSSR count). The van der Waals surface area contributed by atoms with Crippen molar-refractivity contribution in [1.82, 2.24) is 15.1 Å². The quantitative estimate of drug-likeness (QED) is 0.794. The Morgan fingerprint density at radius 3 is 2.32 bits per heavy atom. The molecule has 0 aliphatic carbocycles. The lowest BCUT2D eigenvalue weighted by Crippen LogP contribution is -2.50. The molecular weight excluding hydrogens is 234 g/mol. The van der Waals surface area contributed by atoms with Crippen molar-refractivity contribution in [3.05, 3.63) is 0 Å². The van der Waals surface area contributed by atoms with E-state index in [0.717, 1.165) is 5.92 Å². The van der Waals surface area contributed by atoms with E-state index in [-0.39, 0.29) is 0 Å². The molecule has 3 heteroatoms. The Balaban J connectivity index is 1.78. The molecule has 0 radical (unpaired) electrons. The lowest BCUT2D eigenvalue weighted by atomic mass is 9.82. The zero-order valence-corrected chi connectivity index (χ0v) is 13.2. The van der Waals surface area contributed by atoms with Gasteiger partial charge >= 0.3 is 0 Å². The van der Waals surface area contributed by atoms with Crippen molar-refractivity contribution in [2.45, 2.75) is 40.0 Å². The fraction of sp³-hybridized carbons (Fsp3) is 1.00. The first-order valence-corrected chi connectivity index (χ1v) is 8.29. The van der Waals surface area contributed by atoms with Gasteiger partial charge in [-0.15, -0.1) is 0 Å². The Labute approximate surface area is 119 Å². The molecule has 0 saturated carbocycles. The summed E-state index contributed by atoms with van der Waals surface area (Å²) in [6.07, 6.45) is 4.11. The van der Waals surface area contributed by atoms with Gasteiger partial charge in [0.2, 0.25) is 0 Å². The molecule has 112 valence electrons. The van der Waals surface area contributed by atoms with Crippen LogP contribution < -0.4 is 5.32 Å². The highest BCUT2D eigenvalue weighted by atomic mass is 15.3. The van der Waals surface area contributed by atoms with Gasteiger partial charge in [0.05, 0.1) is 0 Å². The molecule has 2 aliphatic heterocycles. The highest BCUT2D eigenvalue weighted by molar-refractivity contribution is 4.91. The molecule has 2 fully saturated rings. The van der Waals surface area contributed by atoms with Crippen molar-refractivity contribution in [2.24, 2.45) is 11.3 Å². The van der Waals surface area contributed by atoms with Crippen molar-refractivity contribution in [2.75, 3.05) is 52.4 Å². The standard InChI is InChI=1S/C16H33N3/c1-4-5-16(6-7-17-13-16)14-19-10-8-18(9-11-19)12-15(2)3/h15,17H,4-14H2,1-3H3. The van der Waals surface area contributed by atoms with Gasteiger partial charge < -0.3 is 15.1 Å². The maximum Gasteiger partial charge on any atom is 0.0110 e. The van der Waals surface area contributed by atoms with Crippen LogP contribution in [0.15, 0.2) is 0 Å². The van der Waals surface area contributed by atoms with Crippen LogP contribution in [0, 0.1) is 11.3 Å². The van der Waals surface area contributed by atoms with E-state index in [0.29, 0.717) is 5.41 Å². The molecule has 1 unspecified atom stereocenters. The lowest BCUT2D eigenvalue weighted by Gasteiger charge is -2.40. The topological polar surface area (TPSA) is 18.5 Å². The Morgan fingerprint density at radius 2 is 1.79 bits per heavy atom. The van der Waals surface area contributed by atoms with Gasteiger partial charge in [0.25, 0.3) is 0 Å². The molecule has 3 nitrogen and oxygen atoms in total. The van der Waals surface area contributed by atoms with Gasteiger partial charge in [-0.05, 0) is 30.7 Å². The van der Waals surface area contributed by atoms with Crippen molar-refractivity contribution in [1.29, 1.82) is 0 Å². The number of piperazine rings is 1. The highest BCUT2D eigenvalue weighted by Crippen LogP contribution is 2.32. The monoisotopic (exact) mass is 267 g/mol. The summed E-state index contributed by atoms with van der Waals surface area (Å²) < 4.78 is 0. The van der Waals surface area contributed by atoms with Gasteiger partial charge in [0.1, 0.15) is 0 Å². The number of hydrogen-bond donors (Lipinski definition) is 1. The van der Waals surface area contributed by atoms with Gasteiger partial charge in [0, 0.05) is 45.8 Å². The SMILES string of the molecule is CCCC1(CN2CCN(CC(C)C)CC2)CCNC1. The van der Waals surface area contributed by atoms with Crippen molar-refractivity contribution < 1.29 is 0 Å². The van der Waals surface area contributed by atoms with Crippen LogP contribution in [0.1, 0.15) is 40.0 Å². The Kier molecular flexibility index (Phi) is 5.67. The van der Waals surface area contributed by atoms with Crippen molar-refractivity contribution in [3.8, 4) is 0 Å². The predicted molar refractivity (Wildman–Crippen MR) is 82.5 cm³/mol. The van der Waals surface area contributed by atoms with Crippen LogP contribution in [-0.4, -0.2) is 62.2 Å². The Morgan fingerprint density at radius 1 is 1.11 bits per heavy atom. The third kappa shape index (κ3) is 4.44. The second-order valence-electron chi connectivity index (χ2n) is 7.15. The molecule has 0 bridgehead atoms. The van der Waals surface area contributed by atoms with E-state index in [4.69, 9.17) is 0 Å². The molecule has 1 N–H and O–H groups in total. The third-order valence-electron chi connectivity index (χ3n) is 4.76. The Hall–Kier alpha value is -0.120. The van der Waals surface area contributed by atoms with Crippen LogP contribution >= 0.6 is 0 Å². The number of nitrogens with one attached hydrogen (secondary N) is 1. The summed E-state index contributed by atoms with van der Waals surface area (Å²) in [4.78, 5) is 5.36. The van der Waals surface area contributed by atoms with Crippen LogP contribution in [0.25, 0.3) is 0 Å². The number of nitrogens with zero attached hydrogens (tertiary/aromatic N) is 2. The number of rotatable bonds is 6. The molecule has 0 aromatic heterocycles. The van der Waals surface area contributed by atoms with Crippen LogP contribution in [0.2, 0.25) is 0 Å². The average molecular weight is 267 g/mol. The minimum Gasteiger partial charge on any atom is -0.316 e. The first-order chi connectivity index (χ1) is 9.13. The molecular formula is C16H33N3. The number of hydrogen-bond acceptors (Lipinski definition) is 3. The molecule has 0 aromatic carbocycles. The molecule has 0 spiro atoms. The van der Waals surface area contributed by atoms with Crippen molar-refractivity contribution >= 4 is 0 Å². The van der Waals surface area contributed by atoms with Gasteiger partial charge in [-0.25, -0.2) is 0 Å². The minimum atomic E-state index is 0.578. The minimum absolute atomic E-state index is 0.578. The summed E-state index contributed by atoms with van der Waals surface area (Å²) in [5, 5.41) is 3.59. The maximum absolute atomic E-state index is 3.59. The first kappa shape index (κ1) is 15.3. The summed E-state index contributed by atoms with van der Waals surface area (Å²) in [6.45, 7) is 17.2. The molecule has 2 aliphatic rings. The molecule has 2 heterocycles. The van der Waals surface area contributed by atoms with E-state index in [2.05, 4.69) is 35.9 Å². The highest BCUT2D eigenvalue weighted by Gasteiger charge is 2.35.